The predicted octanol–water partition coefficient (Wildman–Crippen LogP) is 3.63. The van der Waals surface area contributed by atoms with E-state index < -0.39 is 5.79 Å². The number of amides is 1. The van der Waals surface area contributed by atoms with Crippen molar-refractivity contribution in [1.82, 2.24) is 9.80 Å². The largest absolute Gasteiger partial charge is 0.449 e. The van der Waals surface area contributed by atoms with E-state index in [4.69, 9.17) is 9.47 Å². The Bertz CT molecular complexity index is 1020. The number of benzene rings is 1. The molecule has 3 aliphatic rings. The summed E-state index contributed by atoms with van der Waals surface area (Å²) in [5.41, 5.74) is 1.84. The van der Waals surface area contributed by atoms with Gasteiger partial charge in [-0.05, 0) is 56.3 Å². The van der Waals surface area contributed by atoms with Crippen LogP contribution in [0.5, 0.6) is 11.5 Å². The predicted molar refractivity (Wildman–Crippen MR) is 122 cm³/mol. The molecule has 1 spiro atoms. The number of rotatable bonds is 4. The fourth-order valence-electron chi connectivity index (χ4n) is 5.37. The summed E-state index contributed by atoms with van der Waals surface area (Å²) >= 11 is 0. The van der Waals surface area contributed by atoms with Gasteiger partial charge in [-0.25, -0.2) is 0 Å². The van der Waals surface area contributed by atoms with Crippen LogP contribution in [0, 0.1) is 5.41 Å². The molecule has 1 unspecified atom stereocenters. The van der Waals surface area contributed by atoms with Gasteiger partial charge < -0.3 is 14.4 Å². The highest BCUT2D eigenvalue weighted by Crippen LogP contribution is 2.45. The van der Waals surface area contributed by atoms with Crippen LogP contribution in [-0.2, 0) is 6.54 Å². The van der Waals surface area contributed by atoms with E-state index >= 15 is 0 Å². The average Bonchev–Trinajstić information content (AvgIpc) is 3.19. The van der Waals surface area contributed by atoms with Gasteiger partial charge in [0.2, 0.25) is 12.0 Å². The summed E-state index contributed by atoms with van der Waals surface area (Å²) in [7, 11) is 0. The molecular formula is C26H34N3O4+. The minimum absolute atomic E-state index is 0.0929. The van der Waals surface area contributed by atoms with Gasteiger partial charge >= 0.3 is 11.6 Å². The molecule has 2 aromatic rings. The first kappa shape index (κ1) is 22.0. The van der Waals surface area contributed by atoms with Gasteiger partial charge in [-0.2, -0.15) is 0 Å². The van der Waals surface area contributed by atoms with E-state index in [1.807, 2.05) is 17.9 Å². The van der Waals surface area contributed by atoms with E-state index in [0.717, 1.165) is 81.1 Å². The third kappa shape index (κ3) is 4.26. The number of carbonyl (C=O) groups excluding carboxylic acids is 1. The van der Waals surface area contributed by atoms with Crippen LogP contribution in [0.25, 0.3) is 0 Å². The van der Waals surface area contributed by atoms with E-state index in [1.54, 1.807) is 18.2 Å². The summed E-state index contributed by atoms with van der Waals surface area (Å²) in [6, 6.07) is 11.4. The lowest BCUT2D eigenvalue weighted by Crippen LogP contribution is -2.50. The normalized spacial score (nSPS) is 24.2. The number of carbonyl (C=O) groups is 1. The number of aromatic nitrogens is 1. The Balaban J connectivity index is 1.17. The zero-order valence-corrected chi connectivity index (χ0v) is 19.6. The van der Waals surface area contributed by atoms with Crippen LogP contribution in [-0.4, -0.2) is 52.9 Å². The Morgan fingerprint density at radius 2 is 1.76 bits per heavy atom. The minimum atomic E-state index is -0.565. The Morgan fingerprint density at radius 1 is 1.03 bits per heavy atom. The molecule has 7 heteroatoms. The molecule has 5 rings (SSSR count). The molecule has 7 nitrogen and oxygen atoms in total. The molecule has 2 saturated heterocycles. The smallest absolute Gasteiger partial charge is 0.323 e. The van der Waals surface area contributed by atoms with Gasteiger partial charge in [0, 0.05) is 55.4 Å². The molecule has 0 aliphatic carbocycles. The molecule has 176 valence electrons. The average molecular weight is 453 g/mol. The van der Waals surface area contributed by atoms with Crippen molar-refractivity contribution in [1.29, 1.82) is 0 Å². The lowest BCUT2D eigenvalue weighted by molar-refractivity contribution is -0.906. The number of hydrogen-bond donors (Lipinski definition) is 1. The number of hydrogen-bond acceptors (Lipinski definition) is 5. The first-order chi connectivity index (χ1) is 15.9. The molecule has 1 atom stereocenters. The second-order valence-electron chi connectivity index (χ2n) is 9.93. The van der Waals surface area contributed by atoms with Crippen LogP contribution >= 0.6 is 0 Å². The maximum Gasteiger partial charge on any atom is 0.323 e. The van der Waals surface area contributed by atoms with Crippen molar-refractivity contribution < 1.29 is 24.2 Å². The highest BCUT2D eigenvalue weighted by molar-refractivity contribution is 5.90. The van der Waals surface area contributed by atoms with Gasteiger partial charge in [0.25, 0.3) is 0 Å². The van der Waals surface area contributed by atoms with E-state index in [2.05, 4.69) is 24.0 Å². The van der Waals surface area contributed by atoms with E-state index in [0.29, 0.717) is 11.1 Å². The first-order valence-electron chi connectivity index (χ1n) is 12.1. The van der Waals surface area contributed by atoms with Gasteiger partial charge in [-0.15, -0.1) is 0 Å². The summed E-state index contributed by atoms with van der Waals surface area (Å²) in [4.78, 5) is 17.2. The number of pyridine rings is 1. The summed E-state index contributed by atoms with van der Waals surface area (Å²) < 4.78 is 13.2. The Hall–Kier alpha value is -2.80. The minimum Gasteiger partial charge on any atom is -0.449 e. The van der Waals surface area contributed by atoms with Crippen molar-refractivity contribution in [2.75, 3.05) is 26.2 Å². The maximum atomic E-state index is 12.8. The van der Waals surface area contributed by atoms with Crippen molar-refractivity contribution in [3.05, 3.63) is 53.9 Å². The number of piperidine rings is 2. The second kappa shape index (κ2) is 8.52. The van der Waals surface area contributed by atoms with Gasteiger partial charge in [-0.3, -0.25) is 14.9 Å². The standard InChI is InChI=1S/C26H34N3O4/c1-3-25(2)32-22-9-6-7-20(23(22)33-25)19-27-15-10-26(11-16-27)12-17-28(18-13-26)24(30)21-8-4-5-14-29(21)31/h4-9,14,31H,3,10-13,15-19H2,1-2H3/q+1. The van der Waals surface area contributed by atoms with Crippen LogP contribution < -0.4 is 14.2 Å². The second-order valence-corrected chi connectivity index (χ2v) is 9.93. The SMILES string of the molecule is CCC1(C)Oc2cccc(CN3CCC4(CC3)CCN(C(=O)c3cccc[n+]3O)CC4)c2O1. The van der Waals surface area contributed by atoms with Gasteiger partial charge in [0.15, 0.2) is 11.5 Å². The lowest BCUT2D eigenvalue weighted by Gasteiger charge is -2.46. The molecular weight excluding hydrogens is 418 g/mol. The van der Waals surface area contributed by atoms with Crippen LogP contribution in [0.4, 0.5) is 0 Å². The van der Waals surface area contributed by atoms with E-state index in [9.17, 15) is 10.0 Å². The van der Waals surface area contributed by atoms with Crippen LogP contribution in [0.15, 0.2) is 42.6 Å². The Labute approximate surface area is 195 Å². The summed E-state index contributed by atoms with van der Waals surface area (Å²) in [6.45, 7) is 8.56. The van der Waals surface area contributed by atoms with Gasteiger partial charge in [0.05, 0.1) is 0 Å². The topological polar surface area (TPSA) is 66.1 Å². The van der Waals surface area contributed by atoms with Crippen LogP contribution in [0.1, 0.15) is 62.0 Å². The maximum absolute atomic E-state index is 12.8. The van der Waals surface area contributed by atoms with E-state index in [1.165, 1.54) is 11.8 Å². The summed E-state index contributed by atoms with van der Waals surface area (Å²) in [5.74, 6) is 1.09. The molecule has 0 radical (unpaired) electrons. The van der Waals surface area contributed by atoms with Crippen molar-refractivity contribution >= 4 is 5.91 Å². The number of likely N-dealkylation sites (tertiary alicyclic amines) is 2. The molecule has 33 heavy (non-hydrogen) atoms. The molecule has 1 aromatic carbocycles. The molecule has 1 amide bonds. The highest BCUT2D eigenvalue weighted by atomic mass is 16.7. The fourth-order valence-corrected chi connectivity index (χ4v) is 5.37. The lowest BCUT2D eigenvalue weighted by atomic mass is 9.71. The Morgan fingerprint density at radius 3 is 2.45 bits per heavy atom. The molecule has 3 aliphatic heterocycles. The number of fused-ring (bicyclic) bond motifs is 1. The zero-order valence-electron chi connectivity index (χ0n) is 19.6. The first-order valence-corrected chi connectivity index (χ1v) is 12.1. The number of nitrogens with zero attached hydrogens (tertiary/aromatic N) is 3. The van der Waals surface area contributed by atoms with Crippen LogP contribution in [0.2, 0.25) is 0 Å². The molecule has 0 saturated carbocycles. The third-order valence-electron chi connectivity index (χ3n) is 7.83. The molecule has 2 fully saturated rings. The quantitative estimate of drug-likeness (QED) is 0.567. The highest BCUT2D eigenvalue weighted by Gasteiger charge is 2.41. The Kier molecular flexibility index (Phi) is 5.69. The van der Waals surface area contributed by atoms with E-state index in [-0.39, 0.29) is 5.91 Å². The summed E-state index contributed by atoms with van der Waals surface area (Å²) in [5, 5.41) is 9.95. The molecule has 0 bridgehead atoms. The zero-order chi connectivity index (χ0) is 23.1. The van der Waals surface area contributed by atoms with Crippen LogP contribution in [0.3, 0.4) is 0 Å². The fraction of sp³-hybridized carbons (Fsp3) is 0.538. The van der Waals surface area contributed by atoms with Gasteiger partial charge in [-0.1, -0.05) is 19.1 Å². The molecule has 4 heterocycles. The summed E-state index contributed by atoms with van der Waals surface area (Å²) in [6.07, 6.45) is 6.65. The van der Waals surface area contributed by atoms with Crippen molar-refractivity contribution in [2.45, 2.75) is 58.3 Å². The van der Waals surface area contributed by atoms with Crippen molar-refractivity contribution in [3.8, 4) is 11.5 Å². The van der Waals surface area contributed by atoms with Crippen molar-refractivity contribution in [2.24, 2.45) is 5.41 Å². The third-order valence-corrected chi connectivity index (χ3v) is 7.83. The molecule has 1 N–H and O–H groups in total. The monoisotopic (exact) mass is 452 g/mol. The number of ether oxygens (including phenoxy) is 2. The van der Waals surface area contributed by atoms with Crippen molar-refractivity contribution in [3.63, 3.8) is 0 Å². The van der Waals surface area contributed by atoms with Gasteiger partial charge in [0.1, 0.15) is 0 Å². The molecule has 1 aromatic heterocycles. The number of para-hydroxylation sites is 1.